The third-order valence-corrected chi connectivity index (χ3v) is 7.18. The van der Waals surface area contributed by atoms with Crippen molar-refractivity contribution in [3.05, 3.63) is 63.7 Å². The van der Waals surface area contributed by atoms with Crippen LogP contribution >= 0.6 is 11.3 Å². The van der Waals surface area contributed by atoms with Crippen LogP contribution in [0.3, 0.4) is 0 Å². The van der Waals surface area contributed by atoms with Crippen LogP contribution < -0.4 is 10.2 Å². The van der Waals surface area contributed by atoms with Gasteiger partial charge in [0.25, 0.3) is 5.69 Å². The molecule has 0 spiro atoms. The minimum absolute atomic E-state index is 0.0686. The van der Waals surface area contributed by atoms with Gasteiger partial charge in [-0.25, -0.2) is 0 Å². The summed E-state index contributed by atoms with van der Waals surface area (Å²) in [5.74, 6) is -0.129. The number of amides is 1. The second kappa shape index (κ2) is 10.1. The van der Waals surface area contributed by atoms with Gasteiger partial charge in [0, 0.05) is 30.1 Å². The minimum atomic E-state index is -4.37. The van der Waals surface area contributed by atoms with Crippen molar-refractivity contribution in [1.29, 1.82) is 0 Å². The zero-order chi connectivity index (χ0) is 27.0. The molecule has 1 fully saturated rings. The summed E-state index contributed by atoms with van der Waals surface area (Å²) in [6, 6.07) is 10.1. The molecular weight excluding hydrogens is 507 g/mol. The molecule has 2 heterocycles. The van der Waals surface area contributed by atoms with Crippen LogP contribution in [0.5, 0.6) is 0 Å². The van der Waals surface area contributed by atoms with Crippen LogP contribution in [0.25, 0.3) is 10.6 Å². The third-order valence-electron chi connectivity index (χ3n) is 6.29. The Morgan fingerprint density at radius 2 is 1.73 bits per heavy atom. The Labute approximate surface area is 215 Å². The number of anilines is 2. The summed E-state index contributed by atoms with van der Waals surface area (Å²) in [4.78, 5) is 25.6. The van der Waals surface area contributed by atoms with E-state index in [1.54, 1.807) is 32.9 Å². The average molecular weight is 534 g/mol. The van der Waals surface area contributed by atoms with Crippen LogP contribution in [-0.4, -0.2) is 34.1 Å². The number of piperidine rings is 1. The highest BCUT2D eigenvalue weighted by Gasteiger charge is 2.31. The van der Waals surface area contributed by atoms with Gasteiger partial charge in [-0.3, -0.25) is 14.9 Å². The van der Waals surface area contributed by atoms with Crippen LogP contribution in [0.2, 0.25) is 0 Å². The number of carbonyl (C=O) groups excluding carboxylic acids is 1. The molecule has 0 unspecified atom stereocenters. The maximum absolute atomic E-state index is 12.8. The molecule has 1 aliphatic heterocycles. The molecule has 0 radical (unpaired) electrons. The molecule has 8 nitrogen and oxygen atoms in total. The third kappa shape index (κ3) is 6.07. The number of nitro groups is 1. The zero-order valence-corrected chi connectivity index (χ0v) is 21.3. The zero-order valence-electron chi connectivity index (χ0n) is 20.5. The molecule has 0 bridgehead atoms. The lowest BCUT2D eigenvalue weighted by Gasteiger charge is -2.33. The number of benzene rings is 2. The van der Waals surface area contributed by atoms with E-state index in [1.165, 1.54) is 18.2 Å². The number of nitro benzene ring substituents is 1. The first-order valence-electron chi connectivity index (χ1n) is 11.7. The van der Waals surface area contributed by atoms with Crippen molar-refractivity contribution in [2.24, 2.45) is 5.41 Å². The van der Waals surface area contributed by atoms with E-state index in [0.717, 1.165) is 29.0 Å². The summed E-state index contributed by atoms with van der Waals surface area (Å²) in [6.07, 6.45) is -3.04. The Balaban J connectivity index is 1.47. The Hall–Kier alpha value is -3.54. The van der Waals surface area contributed by atoms with Gasteiger partial charge in [-0.05, 0) is 48.6 Å². The Bertz CT molecular complexity index is 1290. The van der Waals surface area contributed by atoms with E-state index in [9.17, 15) is 28.1 Å². The molecule has 196 valence electrons. The molecule has 0 atom stereocenters. The van der Waals surface area contributed by atoms with E-state index in [4.69, 9.17) is 0 Å². The van der Waals surface area contributed by atoms with Crippen molar-refractivity contribution in [2.75, 3.05) is 23.3 Å². The van der Waals surface area contributed by atoms with Gasteiger partial charge in [-0.2, -0.15) is 13.2 Å². The minimum Gasteiger partial charge on any atom is -0.366 e. The Kier molecular flexibility index (Phi) is 7.22. The SMILES string of the molecule is CC(C)(C)C(=O)Nc1nnc(-c2ccc(N3CCC(c4ccc(C(F)(F)F)cc4)CC3)c([N+](=O)[O-])c2)s1. The molecule has 1 saturated heterocycles. The first-order valence-corrected chi connectivity index (χ1v) is 12.5. The fourth-order valence-corrected chi connectivity index (χ4v) is 4.88. The van der Waals surface area contributed by atoms with Crippen molar-refractivity contribution in [2.45, 2.75) is 45.7 Å². The van der Waals surface area contributed by atoms with Gasteiger partial charge in [-0.1, -0.05) is 44.2 Å². The van der Waals surface area contributed by atoms with Crippen LogP contribution in [-0.2, 0) is 11.0 Å². The second-order valence-corrected chi connectivity index (χ2v) is 10.9. The quantitative estimate of drug-likeness (QED) is 0.297. The maximum atomic E-state index is 12.8. The molecule has 12 heteroatoms. The molecule has 0 saturated carbocycles. The van der Waals surface area contributed by atoms with Crippen molar-refractivity contribution in [3.63, 3.8) is 0 Å². The Morgan fingerprint density at radius 1 is 1.08 bits per heavy atom. The lowest BCUT2D eigenvalue weighted by atomic mass is 9.88. The number of nitrogens with one attached hydrogen (secondary N) is 1. The van der Waals surface area contributed by atoms with E-state index in [2.05, 4.69) is 15.5 Å². The molecule has 1 aromatic heterocycles. The largest absolute Gasteiger partial charge is 0.416 e. The van der Waals surface area contributed by atoms with Gasteiger partial charge in [0.1, 0.15) is 10.7 Å². The maximum Gasteiger partial charge on any atom is 0.416 e. The second-order valence-electron chi connectivity index (χ2n) is 9.96. The molecule has 1 N–H and O–H groups in total. The number of hydrogen-bond donors (Lipinski definition) is 1. The van der Waals surface area contributed by atoms with Crippen LogP contribution in [0.1, 0.15) is 50.7 Å². The number of rotatable bonds is 5. The van der Waals surface area contributed by atoms with Crippen molar-refractivity contribution in [3.8, 4) is 10.6 Å². The van der Waals surface area contributed by atoms with E-state index < -0.39 is 22.1 Å². The lowest BCUT2D eigenvalue weighted by molar-refractivity contribution is -0.384. The molecule has 1 amide bonds. The summed E-state index contributed by atoms with van der Waals surface area (Å²) >= 11 is 1.13. The molecule has 1 aliphatic rings. The first kappa shape index (κ1) is 26.5. The molecular formula is C25H26F3N5O3S. The average Bonchev–Trinajstić information content (AvgIpc) is 3.31. The fraction of sp³-hybridized carbons (Fsp3) is 0.400. The number of alkyl halides is 3. The number of aromatic nitrogens is 2. The number of nitrogens with zero attached hydrogens (tertiary/aromatic N) is 4. The molecule has 37 heavy (non-hydrogen) atoms. The molecule has 0 aliphatic carbocycles. The van der Waals surface area contributed by atoms with Crippen LogP contribution in [0, 0.1) is 15.5 Å². The predicted octanol–water partition coefficient (Wildman–Crippen LogP) is 6.50. The van der Waals surface area contributed by atoms with E-state index in [-0.39, 0.29) is 17.5 Å². The summed E-state index contributed by atoms with van der Waals surface area (Å²) in [5.41, 5.74) is 0.480. The molecule has 2 aromatic carbocycles. The van der Waals surface area contributed by atoms with Crippen molar-refractivity contribution >= 4 is 33.8 Å². The van der Waals surface area contributed by atoms with Crippen molar-refractivity contribution in [1.82, 2.24) is 10.2 Å². The van der Waals surface area contributed by atoms with Gasteiger partial charge in [0.05, 0.1) is 10.5 Å². The molecule has 3 aromatic rings. The van der Waals surface area contributed by atoms with Crippen LogP contribution in [0.15, 0.2) is 42.5 Å². The molecule has 4 rings (SSSR count). The Morgan fingerprint density at radius 3 is 2.30 bits per heavy atom. The van der Waals surface area contributed by atoms with Gasteiger partial charge in [0.2, 0.25) is 11.0 Å². The van der Waals surface area contributed by atoms with Gasteiger partial charge in [0.15, 0.2) is 0 Å². The summed E-state index contributed by atoms with van der Waals surface area (Å²) < 4.78 is 38.5. The van der Waals surface area contributed by atoms with Gasteiger partial charge >= 0.3 is 6.18 Å². The topological polar surface area (TPSA) is 101 Å². The fourth-order valence-electron chi connectivity index (χ4n) is 4.14. The highest BCUT2D eigenvalue weighted by Crippen LogP contribution is 2.39. The van der Waals surface area contributed by atoms with E-state index in [1.807, 2.05) is 4.90 Å². The number of hydrogen-bond acceptors (Lipinski definition) is 7. The smallest absolute Gasteiger partial charge is 0.366 e. The monoisotopic (exact) mass is 533 g/mol. The van der Waals surface area contributed by atoms with Gasteiger partial charge < -0.3 is 10.2 Å². The standard InChI is InChI=1S/C25H26F3N5O3S/c1-24(2,3)22(34)29-23-31-30-21(37-23)17-6-9-19(20(14-17)33(35)36)32-12-10-16(11-13-32)15-4-7-18(8-5-15)25(26,27)28/h4-9,14,16H,10-13H2,1-3H3,(H,29,31,34). The van der Waals surface area contributed by atoms with E-state index >= 15 is 0 Å². The first-order chi connectivity index (χ1) is 17.3. The number of carbonyl (C=O) groups is 1. The summed E-state index contributed by atoms with van der Waals surface area (Å²) in [5, 5.41) is 23.4. The number of halogens is 3. The highest BCUT2D eigenvalue weighted by atomic mass is 32.1. The van der Waals surface area contributed by atoms with E-state index in [0.29, 0.717) is 47.3 Å². The van der Waals surface area contributed by atoms with Crippen molar-refractivity contribution < 1.29 is 22.9 Å². The highest BCUT2D eigenvalue weighted by molar-refractivity contribution is 7.18. The lowest BCUT2D eigenvalue weighted by Crippen LogP contribution is -2.33. The van der Waals surface area contributed by atoms with Crippen LogP contribution in [0.4, 0.5) is 29.7 Å². The summed E-state index contributed by atoms with van der Waals surface area (Å²) in [6.45, 7) is 6.40. The summed E-state index contributed by atoms with van der Waals surface area (Å²) in [7, 11) is 0. The van der Waals surface area contributed by atoms with Gasteiger partial charge in [-0.15, -0.1) is 10.2 Å². The predicted molar refractivity (Wildman–Crippen MR) is 136 cm³/mol. The normalized spacial score (nSPS) is 15.0.